The molecular weight excluding hydrogens is 751 g/mol. The molecule has 3 heteroatoms. The first-order chi connectivity index (χ1) is 30.8. The van der Waals surface area contributed by atoms with Gasteiger partial charge in [-0.15, -0.1) is 0 Å². The largest absolute Gasteiger partial charge is 0.255 e. The first-order valence-corrected chi connectivity index (χ1v) is 21.1. The highest BCUT2D eigenvalue weighted by Crippen LogP contribution is 2.58. The Balaban J connectivity index is 0.938. The van der Waals surface area contributed by atoms with Gasteiger partial charge >= 0.3 is 0 Å². The van der Waals surface area contributed by atoms with E-state index in [0.717, 1.165) is 39.3 Å². The molecule has 2 aromatic heterocycles. The number of fused-ring (bicyclic) bond motifs is 4. The maximum Gasteiger partial charge on any atom is 0.160 e. The molecule has 0 unspecified atom stereocenters. The monoisotopic (exact) mass is 787 g/mol. The van der Waals surface area contributed by atoms with Gasteiger partial charge in [0.25, 0.3) is 0 Å². The van der Waals surface area contributed by atoms with E-state index >= 15 is 0 Å². The molecule has 1 aliphatic rings. The molecule has 0 fully saturated rings. The van der Waals surface area contributed by atoms with Crippen LogP contribution in [0.25, 0.3) is 122 Å². The van der Waals surface area contributed by atoms with Crippen molar-refractivity contribution in [1.29, 1.82) is 0 Å². The lowest BCUT2D eigenvalue weighted by atomic mass is 9.82. The van der Waals surface area contributed by atoms with Crippen LogP contribution < -0.4 is 0 Å². The number of pyridine rings is 1. The van der Waals surface area contributed by atoms with Gasteiger partial charge in [-0.1, -0.05) is 200 Å². The van der Waals surface area contributed by atoms with E-state index < -0.39 is 0 Å². The second-order valence-corrected chi connectivity index (χ2v) is 15.9. The Morgan fingerprint density at radius 1 is 0.258 bits per heavy atom. The van der Waals surface area contributed by atoms with Gasteiger partial charge in [-0.05, 0) is 107 Å². The summed E-state index contributed by atoms with van der Waals surface area (Å²) in [7, 11) is 0. The standard InChI is InChI=1S/C59H37N3/c1-4-15-42(16-5-1)54-47-21-10-11-22-48(47)55(43-17-6-2-7-18-43)58-50-35-34-45(46-23-14-24-49(56(46)50)57(54)58)40-30-26-38(27-31-40)39-28-32-41(33-29-39)52-37-53(51-25-12-13-36-60-51)62-59(61-52)44-19-8-3-9-20-44/h1-37H. The lowest BCUT2D eigenvalue weighted by Gasteiger charge is -2.20. The molecule has 0 N–H and O–H groups in total. The Morgan fingerprint density at radius 3 is 1.34 bits per heavy atom. The van der Waals surface area contributed by atoms with Gasteiger partial charge in [0.15, 0.2) is 5.82 Å². The highest BCUT2D eigenvalue weighted by Gasteiger charge is 2.31. The number of hydrogen-bond donors (Lipinski definition) is 0. The molecule has 11 aromatic rings. The second-order valence-electron chi connectivity index (χ2n) is 15.9. The molecule has 0 bridgehead atoms. The van der Waals surface area contributed by atoms with E-state index in [-0.39, 0.29) is 0 Å². The molecule has 0 saturated carbocycles. The minimum atomic E-state index is 0.678. The zero-order chi connectivity index (χ0) is 41.0. The van der Waals surface area contributed by atoms with Crippen LogP contribution >= 0.6 is 0 Å². The van der Waals surface area contributed by atoms with Crippen molar-refractivity contribution in [2.45, 2.75) is 0 Å². The zero-order valence-corrected chi connectivity index (χ0v) is 33.7. The third-order valence-electron chi connectivity index (χ3n) is 12.3. The van der Waals surface area contributed by atoms with Crippen LogP contribution in [0.1, 0.15) is 0 Å². The summed E-state index contributed by atoms with van der Waals surface area (Å²) in [4.78, 5) is 14.5. The highest BCUT2D eigenvalue weighted by molar-refractivity contribution is 6.28. The summed E-state index contributed by atoms with van der Waals surface area (Å²) < 4.78 is 0. The summed E-state index contributed by atoms with van der Waals surface area (Å²) in [5.74, 6) is 0.678. The number of aromatic nitrogens is 3. The predicted octanol–water partition coefficient (Wildman–Crippen LogP) is 15.5. The molecule has 9 aromatic carbocycles. The van der Waals surface area contributed by atoms with Gasteiger partial charge in [-0.3, -0.25) is 4.98 Å². The minimum Gasteiger partial charge on any atom is -0.255 e. The Labute approximate surface area is 360 Å². The SMILES string of the molecule is c1ccc(-c2nc(-c3ccc(-c4ccc(-c5ccc6c7c(cccc57)-c5c-6c(-c6ccccc6)c6ccccc6c5-c5ccccc5)cc4)cc3)cc(-c3ccccn3)n2)cc1. The minimum absolute atomic E-state index is 0.678. The summed E-state index contributed by atoms with van der Waals surface area (Å²) in [6.45, 7) is 0. The van der Waals surface area contributed by atoms with Gasteiger partial charge in [-0.25, -0.2) is 9.97 Å². The zero-order valence-electron chi connectivity index (χ0n) is 33.7. The van der Waals surface area contributed by atoms with E-state index in [1.54, 1.807) is 6.20 Å². The first kappa shape index (κ1) is 35.7. The van der Waals surface area contributed by atoms with Crippen LogP contribution in [0.2, 0.25) is 0 Å². The van der Waals surface area contributed by atoms with Gasteiger partial charge in [-0.2, -0.15) is 0 Å². The van der Waals surface area contributed by atoms with Crippen LogP contribution in [0.15, 0.2) is 225 Å². The number of benzene rings is 9. The van der Waals surface area contributed by atoms with E-state index in [9.17, 15) is 0 Å². The van der Waals surface area contributed by atoms with E-state index in [1.807, 2.05) is 54.6 Å². The molecule has 0 amide bonds. The van der Waals surface area contributed by atoms with Gasteiger partial charge in [0.1, 0.15) is 0 Å². The number of nitrogens with zero attached hydrogens (tertiary/aromatic N) is 3. The second kappa shape index (κ2) is 14.8. The normalized spacial score (nSPS) is 11.5. The summed E-state index contributed by atoms with van der Waals surface area (Å²) in [5.41, 5.74) is 19.5. The fraction of sp³-hybridized carbons (Fsp3) is 0. The topological polar surface area (TPSA) is 38.7 Å². The van der Waals surface area contributed by atoms with Crippen molar-refractivity contribution in [3.05, 3.63) is 225 Å². The van der Waals surface area contributed by atoms with Crippen LogP contribution in [-0.4, -0.2) is 15.0 Å². The van der Waals surface area contributed by atoms with E-state index in [1.165, 1.54) is 77.2 Å². The molecule has 1 aliphatic carbocycles. The maximum atomic E-state index is 5.02. The van der Waals surface area contributed by atoms with Crippen molar-refractivity contribution >= 4 is 21.5 Å². The van der Waals surface area contributed by atoms with E-state index in [0.29, 0.717) is 5.82 Å². The molecule has 0 atom stereocenters. The molecule has 2 heterocycles. The Kier molecular flexibility index (Phi) is 8.50. The smallest absolute Gasteiger partial charge is 0.160 e. The van der Waals surface area contributed by atoms with Gasteiger partial charge in [0.05, 0.1) is 17.1 Å². The summed E-state index contributed by atoms with van der Waals surface area (Å²) in [5, 5.41) is 5.12. The summed E-state index contributed by atoms with van der Waals surface area (Å²) in [6.07, 6.45) is 1.80. The van der Waals surface area contributed by atoms with Crippen LogP contribution in [0.5, 0.6) is 0 Å². The third-order valence-corrected chi connectivity index (χ3v) is 12.3. The Bertz CT molecular complexity index is 3310. The molecule has 0 aliphatic heterocycles. The van der Waals surface area contributed by atoms with Crippen molar-refractivity contribution in [2.24, 2.45) is 0 Å². The molecule has 3 nitrogen and oxygen atoms in total. The fourth-order valence-corrected chi connectivity index (χ4v) is 9.49. The quantitative estimate of drug-likeness (QED) is 0.161. The fourth-order valence-electron chi connectivity index (χ4n) is 9.49. The molecule has 62 heavy (non-hydrogen) atoms. The molecule has 0 saturated heterocycles. The van der Waals surface area contributed by atoms with Gasteiger partial charge in [0, 0.05) is 17.3 Å². The first-order valence-electron chi connectivity index (χ1n) is 21.1. The third kappa shape index (κ3) is 5.94. The molecule has 12 rings (SSSR count). The molecule has 0 spiro atoms. The van der Waals surface area contributed by atoms with Crippen molar-refractivity contribution in [2.75, 3.05) is 0 Å². The van der Waals surface area contributed by atoms with Crippen molar-refractivity contribution in [1.82, 2.24) is 15.0 Å². The molecule has 0 radical (unpaired) electrons. The van der Waals surface area contributed by atoms with Crippen molar-refractivity contribution in [3.63, 3.8) is 0 Å². The van der Waals surface area contributed by atoms with Crippen LogP contribution in [0, 0.1) is 0 Å². The highest BCUT2D eigenvalue weighted by atomic mass is 14.9. The predicted molar refractivity (Wildman–Crippen MR) is 257 cm³/mol. The van der Waals surface area contributed by atoms with Gasteiger partial charge in [0.2, 0.25) is 0 Å². The van der Waals surface area contributed by atoms with E-state index in [4.69, 9.17) is 9.97 Å². The van der Waals surface area contributed by atoms with Crippen molar-refractivity contribution in [3.8, 4) is 101 Å². The number of hydrogen-bond acceptors (Lipinski definition) is 3. The molecule has 288 valence electrons. The Hall–Kier alpha value is -8.27. The number of rotatable bonds is 7. The average Bonchev–Trinajstić information content (AvgIpc) is 3.69. The summed E-state index contributed by atoms with van der Waals surface area (Å²) >= 11 is 0. The summed E-state index contributed by atoms with van der Waals surface area (Å²) in [6, 6.07) is 78.1. The van der Waals surface area contributed by atoms with Crippen LogP contribution in [0.4, 0.5) is 0 Å². The van der Waals surface area contributed by atoms with Crippen LogP contribution in [-0.2, 0) is 0 Å². The van der Waals surface area contributed by atoms with Crippen LogP contribution in [0.3, 0.4) is 0 Å². The van der Waals surface area contributed by atoms with E-state index in [2.05, 4.69) is 169 Å². The lowest BCUT2D eigenvalue weighted by Crippen LogP contribution is -1.96. The van der Waals surface area contributed by atoms with Crippen molar-refractivity contribution < 1.29 is 0 Å². The average molecular weight is 788 g/mol. The van der Waals surface area contributed by atoms with Gasteiger partial charge < -0.3 is 0 Å². The lowest BCUT2D eigenvalue weighted by molar-refractivity contribution is 1.16. The Morgan fingerprint density at radius 2 is 0.742 bits per heavy atom. The maximum absolute atomic E-state index is 5.02. The molecular formula is C59H37N3.